The van der Waals surface area contributed by atoms with Gasteiger partial charge in [0.1, 0.15) is 0 Å². The summed E-state index contributed by atoms with van der Waals surface area (Å²) in [5, 5.41) is 12.5. The van der Waals surface area contributed by atoms with Crippen LogP contribution in [0.4, 0.5) is 0 Å². The zero-order valence-corrected chi connectivity index (χ0v) is 9.02. The topological polar surface area (TPSA) is 48.7 Å². The summed E-state index contributed by atoms with van der Waals surface area (Å²) in [5.74, 6) is -0.0174. The zero-order valence-electron chi connectivity index (χ0n) is 7.43. The lowest BCUT2D eigenvalue weighted by molar-refractivity contribution is 0.477. The first kappa shape index (κ1) is 10.7. The van der Waals surface area contributed by atoms with E-state index in [9.17, 15) is 0 Å². The molecule has 1 atom stereocenters. The first-order valence-electron chi connectivity index (χ1n) is 4.06. The summed E-state index contributed by atoms with van der Waals surface area (Å²) in [6, 6.07) is 12.0. The lowest BCUT2D eigenvalue weighted by Gasteiger charge is -2.02. The maximum atomic E-state index is 8.70. The van der Waals surface area contributed by atoms with Crippen LogP contribution in [-0.2, 0) is 4.84 Å². The highest BCUT2D eigenvalue weighted by Gasteiger charge is 2.06. The average molecular weight is 253 g/mol. The van der Waals surface area contributed by atoms with Crippen LogP contribution in [0.25, 0.3) is 0 Å². The highest BCUT2D eigenvalue weighted by atomic mass is 79.9. The fourth-order valence-corrected chi connectivity index (χ4v) is 1.40. The number of benzene rings is 1. The summed E-state index contributed by atoms with van der Waals surface area (Å²) in [7, 11) is 0. The van der Waals surface area contributed by atoms with E-state index in [1.165, 1.54) is 6.40 Å². The normalized spacial score (nSPS) is 12.9. The quantitative estimate of drug-likeness (QED) is 0.760. The highest BCUT2D eigenvalue weighted by Crippen LogP contribution is 2.15. The van der Waals surface area contributed by atoms with Crippen LogP contribution in [0.3, 0.4) is 0 Å². The average Bonchev–Trinajstić information content (AvgIpc) is 3.08. The fraction of sp³-hybridized carbons (Fsp3) is 0.200. The molecule has 0 radical (unpaired) electrons. The van der Waals surface area contributed by atoms with Crippen molar-refractivity contribution in [3.8, 4) is 6.07 Å². The molecule has 1 heterocycles. The van der Waals surface area contributed by atoms with E-state index >= 15 is 0 Å². The second-order valence-corrected chi connectivity index (χ2v) is 3.21. The van der Waals surface area contributed by atoms with Gasteiger partial charge in [-0.25, -0.2) is 0 Å². The van der Waals surface area contributed by atoms with Gasteiger partial charge in [0.2, 0.25) is 6.40 Å². The molecule has 1 aromatic carbocycles. The second-order valence-electron chi connectivity index (χ2n) is 2.56. The van der Waals surface area contributed by atoms with Gasteiger partial charge >= 0.3 is 0 Å². The van der Waals surface area contributed by atoms with Crippen LogP contribution in [0.15, 0.2) is 35.5 Å². The molecule has 0 amide bonds. The van der Waals surface area contributed by atoms with Gasteiger partial charge in [-0.15, -0.1) is 0 Å². The van der Waals surface area contributed by atoms with E-state index < -0.39 is 0 Å². The van der Waals surface area contributed by atoms with Gasteiger partial charge in [-0.05, 0) is 10.7 Å². The third kappa shape index (κ3) is 4.06. The summed E-state index contributed by atoms with van der Waals surface area (Å²) < 4.78 is 0. The van der Waals surface area contributed by atoms with E-state index in [1.807, 2.05) is 30.3 Å². The van der Waals surface area contributed by atoms with Crippen LogP contribution in [0.2, 0.25) is 0 Å². The molecular formula is C10H9BrN2O. The molecule has 0 aliphatic carbocycles. The number of nitrogens with zero attached hydrogens (tertiary/aromatic N) is 2. The van der Waals surface area contributed by atoms with E-state index in [-0.39, 0.29) is 5.92 Å². The molecular weight excluding hydrogens is 244 g/mol. The number of rotatable bonds is 2. The van der Waals surface area contributed by atoms with Crippen molar-refractivity contribution in [3.05, 3.63) is 35.9 Å². The fourth-order valence-electron chi connectivity index (χ4n) is 0.883. The van der Waals surface area contributed by atoms with Crippen molar-refractivity contribution in [3.63, 3.8) is 0 Å². The SMILES string of the molecule is C1=NO1.N#CC(CBr)c1ccccc1. The Balaban J connectivity index is 0.000000276. The molecule has 1 aliphatic rings. The third-order valence-electron chi connectivity index (χ3n) is 1.62. The molecule has 0 saturated carbocycles. The molecule has 2 rings (SSSR count). The van der Waals surface area contributed by atoms with Crippen LogP contribution in [0, 0.1) is 11.3 Å². The van der Waals surface area contributed by atoms with E-state index in [1.54, 1.807) is 0 Å². The molecule has 0 aromatic heterocycles. The first-order valence-corrected chi connectivity index (χ1v) is 5.19. The van der Waals surface area contributed by atoms with E-state index in [0.717, 1.165) is 5.56 Å². The number of oxime groups is 1. The summed E-state index contributed by atoms with van der Waals surface area (Å²) >= 11 is 3.29. The van der Waals surface area contributed by atoms with Crippen LogP contribution in [0.1, 0.15) is 11.5 Å². The number of halogens is 1. The molecule has 1 aromatic rings. The monoisotopic (exact) mass is 252 g/mol. The maximum absolute atomic E-state index is 8.70. The largest absolute Gasteiger partial charge is 0.338 e. The smallest absolute Gasteiger partial charge is 0.249 e. The molecule has 0 bridgehead atoms. The van der Waals surface area contributed by atoms with Crippen molar-refractivity contribution in [1.82, 2.24) is 0 Å². The minimum Gasteiger partial charge on any atom is -0.338 e. The Labute approximate surface area is 91.1 Å². The van der Waals surface area contributed by atoms with Crippen molar-refractivity contribution in [2.75, 3.05) is 5.33 Å². The predicted molar refractivity (Wildman–Crippen MR) is 58.2 cm³/mol. The third-order valence-corrected chi connectivity index (χ3v) is 2.26. The standard InChI is InChI=1S/C9H8BrN.CHNO/c10-6-9(7-11)8-4-2-1-3-5-8;1-2-3-1/h1-5,9H,6H2;1H. The first-order chi connectivity index (χ1) is 6.88. The Morgan fingerprint density at radius 2 is 2.00 bits per heavy atom. The van der Waals surface area contributed by atoms with Crippen molar-refractivity contribution < 1.29 is 4.84 Å². The zero-order chi connectivity index (χ0) is 10.2. The molecule has 72 valence electrons. The van der Waals surface area contributed by atoms with Crippen molar-refractivity contribution >= 4 is 22.3 Å². The molecule has 1 unspecified atom stereocenters. The van der Waals surface area contributed by atoms with Gasteiger partial charge in [0.15, 0.2) is 0 Å². The number of hydrogen-bond donors (Lipinski definition) is 0. The molecule has 0 spiro atoms. The molecule has 0 saturated heterocycles. The van der Waals surface area contributed by atoms with Crippen molar-refractivity contribution in [2.45, 2.75) is 5.92 Å². The van der Waals surface area contributed by atoms with Crippen LogP contribution < -0.4 is 0 Å². The Morgan fingerprint density at radius 3 is 2.36 bits per heavy atom. The lowest BCUT2D eigenvalue weighted by Crippen LogP contribution is -1.95. The van der Waals surface area contributed by atoms with E-state index in [2.05, 4.69) is 32.0 Å². The number of hydrogen-bond acceptors (Lipinski definition) is 3. The van der Waals surface area contributed by atoms with Crippen molar-refractivity contribution in [1.29, 1.82) is 5.26 Å². The minimum atomic E-state index is -0.0174. The van der Waals surface area contributed by atoms with Crippen LogP contribution >= 0.6 is 15.9 Å². The predicted octanol–water partition coefficient (Wildman–Crippen LogP) is 2.65. The molecule has 0 N–H and O–H groups in total. The van der Waals surface area contributed by atoms with Crippen molar-refractivity contribution in [2.24, 2.45) is 5.16 Å². The maximum Gasteiger partial charge on any atom is 0.249 e. The number of nitriles is 1. The molecule has 4 heteroatoms. The summed E-state index contributed by atoms with van der Waals surface area (Å²) in [6.45, 7) is 0. The summed E-state index contributed by atoms with van der Waals surface area (Å²) in [6.07, 6.45) is 1.38. The molecule has 0 fully saturated rings. The van der Waals surface area contributed by atoms with Gasteiger partial charge < -0.3 is 4.84 Å². The lowest BCUT2D eigenvalue weighted by atomic mass is 10.0. The van der Waals surface area contributed by atoms with Gasteiger partial charge in [-0.2, -0.15) is 5.26 Å². The van der Waals surface area contributed by atoms with Gasteiger partial charge in [-0.3, -0.25) is 0 Å². The van der Waals surface area contributed by atoms with Gasteiger partial charge in [0, 0.05) is 5.33 Å². The van der Waals surface area contributed by atoms with Gasteiger partial charge in [0.05, 0.1) is 12.0 Å². The Morgan fingerprint density at radius 1 is 1.43 bits per heavy atom. The second kappa shape index (κ2) is 6.17. The highest BCUT2D eigenvalue weighted by molar-refractivity contribution is 9.09. The molecule has 3 nitrogen and oxygen atoms in total. The van der Waals surface area contributed by atoms with Gasteiger partial charge in [0.25, 0.3) is 0 Å². The Kier molecular flexibility index (Phi) is 4.73. The van der Waals surface area contributed by atoms with Crippen LogP contribution in [-0.4, -0.2) is 11.7 Å². The number of alkyl halides is 1. The van der Waals surface area contributed by atoms with Crippen LogP contribution in [0.5, 0.6) is 0 Å². The Bertz CT molecular complexity index is 328. The molecule has 1 aliphatic heterocycles. The Hall–Kier alpha value is -1.34. The van der Waals surface area contributed by atoms with Gasteiger partial charge in [-0.1, -0.05) is 46.3 Å². The summed E-state index contributed by atoms with van der Waals surface area (Å²) in [4.78, 5) is 4.00. The van der Waals surface area contributed by atoms with E-state index in [4.69, 9.17) is 5.26 Å². The minimum absolute atomic E-state index is 0.0174. The van der Waals surface area contributed by atoms with E-state index in [0.29, 0.717) is 5.33 Å². The summed E-state index contributed by atoms with van der Waals surface area (Å²) in [5.41, 5.74) is 1.08. The molecule has 14 heavy (non-hydrogen) atoms.